The van der Waals surface area contributed by atoms with Gasteiger partial charge in [0.15, 0.2) is 0 Å². The van der Waals surface area contributed by atoms with E-state index in [1.807, 2.05) is 0 Å². The molecule has 0 fully saturated rings. The third-order valence-corrected chi connectivity index (χ3v) is 19.3. The topological polar surface area (TPSA) is 95.9 Å². The van der Waals surface area contributed by atoms with E-state index in [1.165, 1.54) is 398 Å². The van der Waals surface area contributed by atoms with Crippen LogP contribution in [0.2, 0.25) is 0 Å². The van der Waals surface area contributed by atoms with Gasteiger partial charge in [0, 0.05) is 12.8 Å². The molecule has 0 spiro atoms. The Morgan fingerprint density at radius 2 is 0.540 bits per heavy atom. The maximum atomic E-state index is 12.5. The number of aliphatic hydroxyl groups excluding tert-OH is 2. The summed E-state index contributed by atoms with van der Waals surface area (Å²) in [6, 6.07) is -0.538. The average molecular weight is 1230 g/mol. The molecule has 87 heavy (non-hydrogen) atoms. The van der Waals surface area contributed by atoms with Gasteiger partial charge in [0.05, 0.1) is 25.4 Å². The monoisotopic (exact) mass is 1230 g/mol. The Morgan fingerprint density at radius 1 is 0.310 bits per heavy atom. The summed E-state index contributed by atoms with van der Waals surface area (Å²) in [5, 5.41) is 23.4. The van der Waals surface area contributed by atoms with Gasteiger partial charge in [0.25, 0.3) is 0 Å². The van der Waals surface area contributed by atoms with Crippen molar-refractivity contribution in [2.24, 2.45) is 0 Å². The number of carbonyl (C=O) groups is 2. The molecule has 0 saturated carbocycles. The van der Waals surface area contributed by atoms with Crippen LogP contribution < -0.4 is 5.32 Å². The molecule has 2 unspecified atom stereocenters. The number of rotatable bonds is 77. The summed E-state index contributed by atoms with van der Waals surface area (Å²) in [4.78, 5) is 24.6. The third-order valence-electron chi connectivity index (χ3n) is 19.3. The molecule has 0 rings (SSSR count). The number of nitrogens with one attached hydrogen (secondary N) is 1. The van der Waals surface area contributed by atoms with Gasteiger partial charge in [-0.2, -0.15) is 0 Å². The molecule has 0 aliphatic carbocycles. The first-order chi connectivity index (χ1) is 43.0. The van der Waals surface area contributed by atoms with Gasteiger partial charge in [-0.25, -0.2) is 0 Å². The summed E-state index contributed by atoms with van der Waals surface area (Å²) in [6.07, 6.45) is 97.5. The van der Waals surface area contributed by atoms with Gasteiger partial charge in [-0.1, -0.05) is 418 Å². The van der Waals surface area contributed by atoms with Crippen molar-refractivity contribution in [1.82, 2.24) is 5.32 Å². The van der Waals surface area contributed by atoms with Crippen LogP contribution in [0.5, 0.6) is 0 Å². The van der Waals surface area contributed by atoms with Crippen LogP contribution in [-0.4, -0.2) is 47.4 Å². The molecule has 0 aliphatic rings. The van der Waals surface area contributed by atoms with Gasteiger partial charge in [-0.15, -0.1) is 0 Å². The molecule has 3 N–H and O–H groups in total. The quantitative estimate of drug-likeness (QED) is 0.0320. The fraction of sp³-hybridized carbons (Fsp3) is 0.951. The zero-order chi connectivity index (χ0) is 62.8. The number of amides is 1. The molecule has 2 atom stereocenters. The lowest BCUT2D eigenvalue weighted by molar-refractivity contribution is -0.143. The highest BCUT2D eigenvalue weighted by molar-refractivity contribution is 5.76. The first kappa shape index (κ1) is 85.6. The van der Waals surface area contributed by atoms with Crippen molar-refractivity contribution in [3.8, 4) is 0 Å². The summed E-state index contributed by atoms with van der Waals surface area (Å²) in [5.41, 5.74) is 0. The first-order valence-corrected chi connectivity index (χ1v) is 40.4. The molecular formula is C81H159NO5. The van der Waals surface area contributed by atoms with Gasteiger partial charge in [0.1, 0.15) is 0 Å². The zero-order valence-corrected chi connectivity index (χ0v) is 59.5. The Hall–Kier alpha value is -1.40. The van der Waals surface area contributed by atoms with Crippen LogP contribution in [-0.2, 0) is 14.3 Å². The number of unbranched alkanes of at least 4 members (excludes halogenated alkanes) is 64. The molecule has 1 amide bonds. The number of hydrogen-bond donors (Lipinski definition) is 3. The lowest BCUT2D eigenvalue weighted by atomic mass is 10.0. The lowest BCUT2D eigenvalue weighted by Crippen LogP contribution is -2.45. The minimum Gasteiger partial charge on any atom is -0.466 e. The second-order valence-corrected chi connectivity index (χ2v) is 28.1. The molecule has 0 radical (unpaired) electrons. The summed E-state index contributed by atoms with van der Waals surface area (Å²) >= 11 is 0. The van der Waals surface area contributed by atoms with Crippen molar-refractivity contribution in [2.75, 3.05) is 13.2 Å². The maximum Gasteiger partial charge on any atom is 0.305 e. The predicted octanol–water partition coefficient (Wildman–Crippen LogP) is 26.7. The molecule has 0 aromatic heterocycles. The van der Waals surface area contributed by atoms with E-state index in [2.05, 4.69) is 31.3 Å². The third kappa shape index (κ3) is 73.5. The van der Waals surface area contributed by atoms with E-state index in [4.69, 9.17) is 4.74 Å². The molecule has 0 aromatic rings. The number of esters is 1. The van der Waals surface area contributed by atoms with Crippen molar-refractivity contribution in [2.45, 2.75) is 482 Å². The number of carbonyl (C=O) groups excluding carboxylic acids is 2. The van der Waals surface area contributed by atoms with Crippen LogP contribution in [0, 0.1) is 0 Å². The van der Waals surface area contributed by atoms with Crippen LogP contribution in [0.1, 0.15) is 470 Å². The highest BCUT2D eigenvalue weighted by Crippen LogP contribution is 2.20. The van der Waals surface area contributed by atoms with Crippen molar-refractivity contribution >= 4 is 11.9 Å². The second-order valence-electron chi connectivity index (χ2n) is 28.1. The first-order valence-electron chi connectivity index (χ1n) is 40.4. The Bertz CT molecular complexity index is 1320. The molecule has 0 saturated heterocycles. The van der Waals surface area contributed by atoms with E-state index < -0.39 is 12.1 Å². The maximum absolute atomic E-state index is 12.5. The van der Waals surface area contributed by atoms with Gasteiger partial charge >= 0.3 is 5.97 Å². The van der Waals surface area contributed by atoms with E-state index in [0.29, 0.717) is 25.9 Å². The van der Waals surface area contributed by atoms with E-state index in [-0.39, 0.29) is 18.5 Å². The summed E-state index contributed by atoms with van der Waals surface area (Å²) in [7, 11) is 0. The zero-order valence-electron chi connectivity index (χ0n) is 59.5. The molecule has 6 heteroatoms. The Morgan fingerprint density at radius 3 is 0.816 bits per heavy atom. The van der Waals surface area contributed by atoms with Gasteiger partial charge in [0.2, 0.25) is 5.91 Å². The standard InChI is InChI=1S/C81H159NO5/c1-3-5-7-9-11-13-15-17-19-42-45-49-53-57-61-65-69-73-79(84)78(77-83)82-80(85)74-70-66-62-58-54-50-46-43-40-38-36-34-32-30-28-26-24-22-21-23-25-27-29-31-33-35-37-39-41-44-48-52-56-60-64-68-72-76-87-81(86)75-71-67-63-59-55-51-47-20-18-16-14-12-10-8-6-4-2/h21,23,78-79,83-84H,3-20,22,24-77H2,1-2H3,(H,82,85)/b23-21-. The number of aliphatic hydroxyl groups is 2. The fourth-order valence-corrected chi connectivity index (χ4v) is 13.2. The minimum absolute atomic E-state index is 0.0261. The lowest BCUT2D eigenvalue weighted by Gasteiger charge is -2.22. The van der Waals surface area contributed by atoms with Crippen molar-refractivity contribution < 1.29 is 24.5 Å². The van der Waals surface area contributed by atoms with Gasteiger partial charge in [-0.05, 0) is 51.4 Å². The number of ether oxygens (including phenoxy) is 1. The molecule has 0 aliphatic heterocycles. The molecule has 0 heterocycles. The Balaban J connectivity index is 3.31. The van der Waals surface area contributed by atoms with E-state index in [9.17, 15) is 19.8 Å². The Labute approximate surface area is 546 Å². The van der Waals surface area contributed by atoms with Gasteiger partial charge in [-0.3, -0.25) is 9.59 Å². The summed E-state index contributed by atoms with van der Waals surface area (Å²) < 4.78 is 5.51. The highest BCUT2D eigenvalue weighted by Gasteiger charge is 2.20. The van der Waals surface area contributed by atoms with E-state index >= 15 is 0 Å². The van der Waals surface area contributed by atoms with E-state index in [0.717, 1.165) is 38.5 Å². The fourth-order valence-electron chi connectivity index (χ4n) is 13.2. The van der Waals surface area contributed by atoms with Crippen LogP contribution >= 0.6 is 0 Å². The number of hydrogen-bond acceptors (Lipinski definition) is 5. The second kappa shape index (κ2) is 77.1. The van der Waals surface area contributed by atoms with Crippen LogP contribution in [0.4, 0.5) is 0 Å². The normalized spacial score (nSPS) is 12.5. The average Bonchev–Trinajstić information content (AvgIpc) is 3.54. The summed E-state index contributed by atoms with van der Waals surface area (Å²) in [6.45, 7) is 5.01. The predicted molar refractivity (Wildman–Crippen MR) is 384 cm³/mol. The molecule has 6 nitrogen and oxygen atoms in total. The molecule has 0 bridgehead atoms. The van der Waals surface area contributed by atoms with Crippen molar-refractivity contribution in [1.29, 1.82) is 0 Å². The Kier molecular flexibility index (Phi) is 75.8. The smallest absolute Gasteiger partial charge is 0.305 e. The van der Waals surface area contributed by atoms with Gasteiger partial charge < -0.3 is 20.3 Å². The highest BCUT2D eigenvalue weighted by atomic mass is 16.5. The molecular weight excluding hydrogens is 1070 g/mol. The minimum atomic E-state index is -0.661. The molecule has 518 valence electrons. The largest absolute Gasteiger partial charge is 0.466 e. The van der Waals surface area contributed by atoms with E-state index in [1.54, 1.807) is 0 Å². The van der Waals surface area contributed by atoms with Crippen LogP contribution in [0.15, 0.2) is 12.2 Å². The SMILES string of the molecule is CCCCCCCCCCCCCCCCCCCC(O)C(CO)NC(=O)CCCCCCCCCCCCCCCCCCC/C=C\CCCCCCCCCCCCCCCCCCOC(=O)CCCCCCCCCCCCCCCCCC. The van der Waals surface area contributed by atoms with Crippen molar-refractivity contribution in [3.05, 3.63) is 12.2 Å². The summed E-state index contributed by atoms with van der Waals surface area (Å²) in [5.74, 6) is -0.000125. The van der Waals surface area contributed by atoms with Crippen LogP contribution in [0.3, 0.4) is 0 Å². The van der Waals surface area contributed by atoms with Crippen LogP contribution in [0.25, 0.3) is 0 Å². The van der Waals surface area contributed by atoms with Crippen molar-refractivity contribution in [3.63, 3.8) is 0 Å². The molecule has 0 aromatic carbocycles. The number of allylic oxidation sites excluding steroid dienone is 2.